The fourth-order valence-electron chi connectivity index (χ4n) is 2.46. The maximum absolute atomic E-state index is 10.1. The summed E-state index contributed by atoms with van der Waals surface area (Å²) in [4.78, 5) is 12.2. The van der Waals surface area contributed by atoms with Gasteiger partial charge in [-0.05, 0) is 11.6 Å². The van der Waals surface area contributed by atoms with Crippen LogP contribution in [0.3, 0.4) is 0 Å². The van der Waals surface area contributed by atoms with E-state index in [9.17, 15) is 10.2 Å². The van der Waals surface area contributed by atoms with E-state index < -0.39 is 31.1 Å². The largest absolute Gasteiger partial charge is 0.394 e. The maximum Gasteiger partial charge on any atom is 0.224 e. The summed E-state index contributed by atoms with van der Waals surface area (Å²) in [5.41, 5.74) is 6.25. The van der Waals surface area contributed by atoms with Crippen LogP contribution in [0, 0.1) is 0 Å². The van der Waals surface area contributed by atoms with Crippen molar-refractivity contribution in [3.63, 3.8) is 0 Å². The Hall–Kier alpha value is -1.72. The van der Waals surface area contributed by atoms with E-state index in [0.29, 0.717) is 11.3 Å². The van der Waals surface area contributed by atoms with Crippen LogP contribution in [0.15, 0.2) is 0 Å². The molecule has 1 saturated heterocycles. The highest BCUT2D eigenvalue weighted by Crippen LogP contribution is 2.35. The first-order valence-corrected chi connectivity index (χ1v) is 6.86. The highest BCUT2D eigenvalue weighted by molar-refractivity contribution is 6.29. The number of imidazole rings is 1. The zero-order chi connectivity index (χ0) is 16.0. The summed E-state index contributed by atoms with van der Waals surface area (Å²) in [6.07, 6.45) is -4.55. The molecule has 0 spiro atoms. The Balaban J connectivity index is 2.15. The number of aromatic nitrogens is 4. The quantitative estimate of drug-likeness (QED) is 0.433. The predicted octanol–water partition coefficient (Wildman–Crippen LogP) is -1.28. The lowest BCUT2D eigenvalue weighted by Gasteiger charge is -2.17. The van der Waals surface area contributed by atoms with Gasteiger partial charge in [0.1, 0.15) is 18.3 Å². The summed E-state index contributed by atoms with van der Waals surface area (Å²) in [5, 5.41) is 32.0. The molecule has 1 fully saturated rings. The summed E-state index contributed by atoms with van der Waals surface area (Å²) >= 11 is 6.11. The number of nitrogens with zero attached hydrogens (tertiary/aromatic N) is 4. The topological polar surface area (TPSA) is 152 Å². The average Bonchev–Trinajstić information content (AvgIpc) is 2.96. The molecule has 10 nitrogen and oxygen atoms in total. The van der Waals surface area contributed by atoms with Crippen molar-refractivity contribution in [3.8, 4) is 0 Å². The molecular weight excluding hydrogens is 316 g/mol. The Bertz CT molecular complexity index is 709. The number of anilines is 2. The van der Waals surface area contributed by atoms with Gasteiger partial charge in [0.2, 0.25) is 11.2 Å². The second kappa shape index (κ2) is 5.48. The molecule has 2 aromatic heterocycles. The summed E-state index contributed by atoms with van der Waals surface area (Å²) in [6.45, 7) is -0.447. The molecule has 4 atom stereocenters. The number of ether oxygens (including phenoxy) is 1. The average molecular weight is 331 g/mol. The van der Waals surface area contributed by atoms with Gasteiger partial charge in [-0.3, -0.25) is 4.57 Å². The molecular formula is C11H15ClN6O4. The number of hydrogen-bond donors (Lipinski definition) is 5. The van der Waals surface area contributed by atoms with Crippen molar-refractivity contribution in [2.45, 2.75) is 24.5 Å². The number of rotatable bonds is 3. The zero-order valence-electron chi connectivity index (χ0n) is 11.5. The molecule has 120 valence electrons. The first-order valence-electron chi connectivity index (χ1n) is 6.49. The van der Waals surface area contributed by atoms with Crippen molar-refractivity contribution >= 4 is 34.5 Å². The van der Waals surface area contributed by atoms with Gasteiger partial charge in [-0.15, -0.1) is 0 Å². The molecule has 0 amide bonds. The van der Waals surface area contributed by atoms with Crippen molar-refractivity contribution in [2.24, 2.45) is 0 Å². The molecule has 22 heavy (non-hydrogen) atoms. The van der Waals surface area contributed by atoms with Crippen LogP contribution in [0.25, 0.3) is 11.2 Å². The van der Waals surface area contributed by atoms with Crippen molar-refractivity contribution < 1.29 is 20.1 Å². The summed E-state index contributed by atoms with van der Waals surface area (Å²) < 4.78 is 6.75. The number of nitrogens with two attached hydrogens (primary N) is 1. The van der Waals surface area contributed by atoms with Crippen molar-refractivity contribution in [3.05, 3.63) is 5.28 Å². The third-order valence-corrected chi connectivity index (χ3v) is 3.79. The van der Waals surface area contributed by atoms with E-state index in [0.717, 1.165) is 0 Å². The number of fused-ring (bicyclic) bond motifs is 1. The first-order chi connectivity index (χ1) is 10.5. The number of nitrogens with one attached hydrogen (secondary N) is 1. The summed E-state index contributed by atoms with van der Waals surface area (Å²) in [5.74, 6) is 0.358. The van der Waals surface area contributed by atoms with Gasteiger partial charge in [0, 0.05) is 7.05 Å². The van der Waals surface area contributed by atoms with Gasteiger partial charge in [0.05, 0.1) is 6.61 Å². The van der Waals surface area contributed by atoms with Gasteiger partial charge < -0.3 is 31.1 Å². The monoisotopic (exact) mass is 330 g/mol. The SMILES string of the molecule is CNc1nc(N)nc2c1nc(Cl)n2[C@@H]1O[C@H](CO)[C@@H](O)[C@H]1O. The second-order valence-corrected chi connectivity index (χ2v) is 5.17. The van der Waals surface area contributed by atoms with Crippen LogP contribution in [0.1, 0.15) is 6.23 Å². The van der Waals surface area contributed by atoms with E-state index in [4.69, 9.17) is 27.2 Å². The lowest BCUT2D eigenvalue weighted by Crippen LogP contribution is -2.33. The van der Waals surface area contributed by atoms with Crippen LogP contribution in [-0.2, 0) is 4.74 Å². The normalized spacial score (nSPS) is 28.4. The molecule has 0 radical (unpaired) electrons. The molecule has 6 N–H and O–H groups in total. The Morgan fingerprint density at radius 1 is 1.32 bits per heavy atom. The lowest BCUT2D eigenvalue weighted by molar-refractivity contribution is -0.0509. The van der Waals surface area contributed by atoms with E-state index in [-0.39, 0.29) is 16.9 Å². The molecule has 1 aliphatic heterocycles. The Morgan fingerprint density at radius 3 is 2.64 bits per heavy atom. The van der Waals surface area contributed by atoms with Gasteiger partial charge in [0.15, 0.2) is 23.2 Å². The van der Waals surface area contributed by atoms with E-state index in [1.165, 1.54) is 4.57 Å². The minimum absolute atomic E-state index is 0.0126. The van der Waals surface area contributed by atoms with E-state index >= 15 is 0 Å². The van der Waals surface area contributed by atoms with Crippen LogP contribution in [0.5, 0.6) is 0 Å². The van der Waals surface area contributed by atoms with Gasteiger partial charge >= 0.3 is 0 Å². The Labute approximate surface area is 129 Å². The second-order valence-electron chi connectivity index (χ2n) is 4.83. The summed E-state index contributed by atoms with van der Waals surface area (Å²) in [6, 6.07) is 0. The van der Waals surface area contributed by atoms with E-state index in [1.807, 2.05) is 0 Å². The molecule has 0 unspecified atom stereocenters. The first kappa shape index (κ1) is 15.2. The van der Waals surface area contributed by atoms with Crippen LogP contribution in [-0.4, -0.2) is 66.8 Å². The fourth-order valence-corrected chi connectivity index (χ4v) is 2.72. The van der Waals surface area contributed by atoms with E-state index in [1.54, 1.807) is 7.05 Å². The number of hydrogen-bond acceptors (Lipinski definition) is 9. The van der Waals surface area contributed by atoms with E-state index in [2.05, 4.69) is 20.3 Å². The standard InChI is InChI=1S/C11H15ClN6O4/c1-14-7-4-8(17-11(13)16-7)18(10(12)15-4)9-6(21)5(20)3(2-19)22-9/h3,5-6,9,19-21H,2H2,1H3,(H3,13,14,16,17)/t3-,5-,6-,9-/m1/s1. The third-order valence-electron chi connectivity index (χ3n) is 3.52. The molecule has 11 heteroatoms. The molecule has 1 aliphatic rings. The molecule has 0 aliphatic carbocycles. The molecule has 3 heterocycles. The number of nitrogen functional groups attached to an aromatic ring is 1. The van der Waals surface area contributed by atoms with Crippen LogP contribution in [0.2, 0.25) is 5.28 Å². The van der Waals surface area contributed by atoms with Crippen LogP contribution < -0.4 is 11.1 Å². The van der Waals surface area contributed by atoms with Crippen molar-refractivity contribution in [1.29, 1.82) is 0 Å². The highest BCUT2D eigenvalue weighted by Gasteiger charge is 2.45. The third kappa shape index (κ3) is 2.16. The zero-order valence-corrected chi connectivity index (χ0v) is 12.3. The highest BCUT2D eigenvalue weighted by atomic mass is 35.5. The van der Waals surface area contributed by atoms with Crippen LogP contribution in [0.4, 0.5) is 11.8 Å². The minimum atomic E-state index is -1.30. The number of aliphatic hydroxyl groups excluding tert-OH is 3. The molecule has 3 rings (SSSR count). The van der Waals surface area contributed by atoms with Crippen molar-refractivity contribution in [1.82, 2.24) is 19.5 Å². The molecule has 0 bridgehead atoms. The Kier molecular flexibility index (Phi) is 3.78. The fraction of sp³-hybridized carbons (Fsp3) is 0.545. The van der Waals surface area contributed by atoms with Gasteiger partial charge in [-0.2, -0.15) is 9.97 Å². The van der Waals surface area contributed by atoms with Crippen molar-refractivity contribution in [2.75, 3.05) is 24.7 Å². The summed E-state index contributed by atoms with van der Waals surface area (Å²) in [7, 11) is 1.64. The lowest BCUT2D eigenvalue weighted by atomic mass is 10.1. The maximum atomic E-state index is 10.1. The van der Waals surface area contributed by atoms with Gasteiger partial charge in [-0.25, -0.2) is 4.98 Å². The molecule has 0 aromatic carbocycles. The minimum Gasteiger partial charge on any atom is -0.394 e. The number of halogens is 1. The smallest absolute Gasteiger partial charge is 0.224 e. The predicted molar refractivity (Wildman–Crippen MR) is 77.3 cm³/mol. The molecule has 2 aromatic rings. The molecule has 0 saturated carbocycles. The van der Waals surface area contributed by atoms with Gasteiger partial charge in [-0.1, -0.05) is 0 Å². The Morgan fingerprint density at radius 2 is 2.05 bits per heavy atom. The number of aliphatic hydroxyl groups is 3. The van der Waals surface area contributed by atoms with Crippen LogP contribution >= 0.6 is 11.6 Å². The van der Waals surface area contributed by atoms with Gasteiger partial charge in [0.25, 0.3) is 0 Å².